The lowest BCUT2D eigenvalue weighted by molar-refractivity contribution is 0.607. The smallest absolute Gasteiger partial charge is 0.265 e. The van der Waals surface area contributed by atoms with Gasteiger partial charge in [0.15, 0.2) is 11.3 Å². The molecule has 0 amide bonds. The van der Waals surface area contributed by atoms with Crippen LogP contribution in [0.4, 0.5) is 0 Å². The van der Waals surface area contributed by atoms with Gasteiger partial charge in [0.05, 0.1) is 23.6 Å². The molecule has 3 aromatic carbocycles. The largest absolute Gasteiger partial charge is 0.304 e. The lowest BCUT2D eigenvalue weighted by Gasteiger charge is -2.15. The van der Waals surface area contributed by atoms with Crippen molar-refractivity contribution in [2.24, 2.45) is 0 Å². The Labute approximate surface area is 200 Å². The van der Waals surface area contributed by atoms with E-state index in [1.54, 1.807) is 10.9 Å². The Morgan fingerprint density at radius 3 is 2.26 bits per heavy atom. The third-order valence-corrected chi connectivity index (χ3v) is 6.48. The van der Waals surface area contributed by atoms with Gasteiger partial charge >= 0.3 is 0 Å². The van der Waals surface area contributed by atoms with E-state index >= 15 is 0 Å². The minimum Gasteiger partial charge on any atom is -0.304 e. The molecule has 6 nitrogen and oxygen atoms in total. The van der Waals surface area contributed by atoms with Crippen molar-refractivity contribution in [2.75, 3.05) is 0 Å². The number of aromatic nitrogens is 5. The predicted octanol–water partition coefficient (Wildman–Crippen LogP) is 5.61. The third kappa shape index (κ3) is 3.35. The van der Waals surface area contributed by atoms with Gasteiger partial charge in [-0.25, -0.2) is 15.0 Å². The number of hydrogen-bond donors (Lipinski definition) is 0. The van der Waals surface area contributed by atoms with Crippen LogP contribution in [0.2, 0.25) is 5.02 Å². The van der Waals surface area contributed by atoms with E-state index in [-0.39, 0.29) is 11.6 Å². The first-order valence-electron chi connectivity index (χ1n) is 11.1. The van der Waals surface area contributed by atoms with Crippen LogP contribution < -0.4 is 5.56 Å². The normalized spacial score (nSPS) is 12.5. The summed E-state index contributed by atoms with van der Waals surface area (Å²) in [6, 6.07) is 25.1. The molecule has 0 fully saturated rings. The van der Waals surface area contributed by atoms with E-state index in [1.165, 1.54) is 0 Å². The van der Waals surface area contributed by atoms with Gasteiger partial charge in [-0.2, -0.15) is 0 Å². The zero-order chi connectivity index (χ0) is 23.2. The first-order chi connectivity index (χ1) is 16.6. The highest BCUT2D eigenvalue weighted by Gasteiger charge is 2.21. The molecule has 0 spiro atoms. The van der Waals surface area contributed by atoms with Crippen LogP contribution in [0.25, 0.3) is 33.2 Å². The maximum Gasteiger partial charge on any atom is 0.265 e. The average Bonchev–Trinajstić information content (AvgIpc) is 3.17. The molecule has 1 atom stereocenters. The van der Waals surface area contributed by atoms with Crippen LogP contribution in [0.5, 0.6) is 0 Å². The van der Waals surface area contributed by atoms with Crippen molar-refractivity contribution in [3.8, 4) is 0 Å². The minimum atomic E-state index is -0.173. The summed E-state index contributed by atoms with van der Waals surface area (Å²) >= 11 is 6.08. The highest BCUT2D eigenvalue weighted by molar-refractivity contribution is 6.30. The van der Waals surface area contributed by atoms with E-state index in [4.69, 9.17) is 26.6 Å². The number of halogens is 1. The molecule has 166 valence electrons. The van der Waals surface area contributed by atoms with E-state index in [0.717, 1.165) is 22.2 Å². The van der Waals surface area contributed by atoms with Crippen molar-refractivity contribution in [3.63, 3.8) is 0 Å². The van der Waals surface area contributed by atoms with Crippen molar-refractivity contribution in [1.29, 1.82) is 0 Å². The number of fused-ring (bicyclic) bond motifs is 4. The molecule has 0 bridgehead atoms. The Kier molecular flexibility index (Phi) is 4.89. The van der Waals surface area contributed by atoms with Crippen LogP contribution >= 0.6 is 11.6 Å². The van der Waals surface area contributed by atoms with Crippen molar-refractivity contribution in [2.45, 2.75) is 19.5 Å². The average molecular weight is 466 g/mol. The van der Waals surface area contributed by atoms with Crippen molar-refractivity contribution in [3.05, 3.63) is 112 Å². The molecular weight excluding hydrogens is 446 g/mol. The molecule has 6 aromatic rings. The summed E-state index contributed by atoms with van der Waals surface area (Å²) in [6.45, 7) is 2.49. The Morgan fingerprint density at radius 2 is 1.53 bits per heavy atom. The van der Waals surface area contributed by atoms with Gasteiger partial charge in [-0.15, -0.1) is 0 Å². The molecule has 0 N–H and O–H groups in total. The number of hydrogen-bond acceptors (Lipinski definition) is 4. The maximum atomic E-state index is 13.8. The van der Waals surface area contributed by atoms with Gasteiger partial charge in [0, 0.05) is 5.02 Å². The van der Waals surface area contributed by atoms with Gasteiger partial charge < -0.3 is 4.57 Å². The molecule has 34 heavy (non-hydrogen) atoms. The van der Waals surface area contributed by atoms with Gasteiger partial charge in [-0.05, 0) is 42.3 Å². The summed E-state index contributed by atoms with van der Waals surface area (Å²) in [7, 11) is 0. The molecule has 0 aliphatic heterocycles. The minimum absolute atomic E-state index is 0.134. The number of benzene rings is 3. The molecule has 3 aromatic heterocycles. The fourth-order valence-corrected chi connectivity index (χ4v) is 4.53. The molecule has 0 radical (unpaired) electrons. The summed E-state index contributed by atoms with van der Waals surface area (Å²) in [5.74, 6) is 0. The molecule has 0 unspecified atom stereocenters. The van der Waals surface area contributed by atoms with Gasteiger partial charge in [-0.3, -0.25) is 9.36 Å². The van der Waals surface area contributed by atoms with Gasteiger partial charge in [-0.1, -0.05) is 66.2 Å². The summed E-state index contributed by atoms with van der Waals surface area (Å²) in [5, 5.41) is 1.15. The molecule has 0 saturated heterocycles. The SMILES string of the molecule is C[C@@H](c1ccccc1)n1cnc2c(c1=O)c1nc3ccccc3nc1n2Cc1ccc(Cl)cc1. The van der Waals surface area contributed by atoms with Gasteiger partial charge in [0.25, 0.3) is 5.56 Å². The van der Waals surface area contributed by atoms with Gasteiger partial charge in [0.1, 0.15) is 17.2 Å². The topological polar surface area (TPSA) is 65.6 Å². The Morgan fingerprint density at radius 1 is 0.853 bits per heavy atom. The van der Waals surface area contributed by atoms with Crippen LogP contribution in [0.3, 0.4) is 0 Å². The first-order valence-corrected chi connectivity index (χ1v) is 11.4. The Balaban J connectivity index is 1.64. The molecule has 3 heterocycles. The predicted molar refractivity (Wildman–Crippen MR) is 135 cm³/mol. The van der Waals surface area contributed by atoms with Crippen molar-refractivity contribution < 1.29 is 0 Å². The second-order valence-corrected chi connectivity index (χ2v) is 8.78. The second kappa shape index (κ2) is 8.08. The quantitative estimate of drug-likeness (QED) is 0.339. The molecule has 0 aliphatic rings. The van der Waals surface area contributed by atoms with Crippen molar-refractivity contribution in [1.82, 2.24) is 24.1 Å². The Hall–Kier alpha value is -4.03. The van der Waals surface area contributed by atoms with Crippen LogP contribution in [-0.4, -0.2) is 24.1 Å². The number of para-hydroxylation sites is 2. The molecule has 0 saturated carbocycles. The summed E-state index contributed by atoms with van der Waals surface area (Å²) in [6.07, 6.45) is 1.62. The van der Waals surface area contributed by atoms with Crippen LogP contribution in [0.1, 0.15) is 24.1 Å². The summed E-state index contributed by atoms with van der Waals surface area (Å²) < 4.78 is 3.63. The molecule has 7 heteroatoms. The number of rotatable bonds is 4. The van der Waals surface area contributed by atoms with E-state index < -0.39 is 0 Å². The highest BCUT2D eigenvalue weighted by atomic mass is 35.5. The maximum absolute atomic E-state index is 13.8. The molecule has 0 aliphatic carbocycles. The fraction of sp³-hybridized carbons (Fsp3) is 0.111. The molecular formula is C27H20ClN5O. The van der Waals surface area contributed by atoms with E-state index in [2.05, 4.69) is 0 Å². The highest BCUT2D eigenvalue weighted by Crippen LogP contribution is 2.27. The van der Waals surface area contributed by atoms with Crippen LogP contribution in [-0.2, 0) is 6.54 Å². The first kappa shape index (κ1) is 20.6. The summed E-state index contributed by atoms with van der Waals surface area (Å²) in [4.78, 5) is 28.3. The lowest BCUT2D eigenvalue weighted by Crippen LogP contribution is -2.24. The fourth-order valence-electron chi connectivity index (χ4n) is 4.41. The van der Waals surface area contributed by atoms with E-state index in [1.807, 2.05) is 90.4 Å². The molecule has 6 rings (SSSR count). The monoisotopic (exact) mass is 465 g/mol. The third-order valence-electron chi connectivity index (χ3n) is 6.23. The number of nitrogens with zero attached hydrogens (tertiary/aromatic N) is 5. The second-order valence-electron chi connectivity index (χ2n) is 8.34. The van der Waals surface area contributed by atoms with E-state index in [9.17, 15) is 4.79 Å². The van der Waals surface area contributed by atoms with Gasteiger partial charge in [0.2, 0.25) is 0 Å². The zero-order valence-electron chi connectivity index (χ0n) is 18.4. The summed E-state index contributed by atoms with van der Waals surface area (Å²) in [5.41, 5.74) is 5.22. The standard InChI is InChI=1S/C27H20ClN5O/c1-17(19-7-3-2-4-8-19)33-16-29-25-23(27(33)34)24-26(31-22-10-6-5-9-21(22)30-24)32(25)15-18-11-13-20(28)14-12-18/h2-14,16-17H,15H2,1H3/t17-/m0/s1. The van der Waals surface area contributed by atoms with Crippen molar-refractivity contribution >= 4 is 44.8 Å². The lowest BCUT2D eigenvalue weighted by atomic mass is 10.1. The Bertz CT molecular complexity index is 1720. The zero-order valence-corrected chi connectivity index (χ0v) is 19.1. The van der Waals surface area contributed by atoms with Crippen LogP contribution in [0.15, 0.2) is 90.0 Å². The van der Waals surface area contributed by atoms with E-state index in [0.29, 0.717) is 33.8 Å². The van der Waals surface area contributed by atoms with Crippen LogP contribution in [0, 0.1) is 0 Å².